The molecule has 5 heteroatoms. The molecule has 3 atom stereocenters. The molecule has 0 aromatic rings. The highest BCUT2D eigenvalue weighted by atomic mass is 16.5. The van der Waals surface area contributed by atoms with Crippen molar-refractivity contribution in [2.24, 2.45) is 5.92 Å². The second-order valence-corrected chi connectivity index (χ2v) is 5.45. The van der Waals surface area contributed by atoms with Crippen LogP contribution in [0.4, 0.5) is 0 Å². The quantitative estimate of drug-likeness (QED) is 0.742. The lowest BCUT2D eigenvalue weighted by Crippen LogP contribution is -2.50. The summed E-state index contributed by atoms with van der Waals surface area (Å²) < 4.78 is 5.54. The summed E-state index contributed by atoms with van der Waals surface area (Å²) in [5.41, 5.74) is 0. The SMILES string of the molecule is CC1CN(C(=O)CCC2CCNC2)CC(CO)O1. The Morgan fingerprint density at radius 1 is 1.50 bits per heavy atom. The van der Waals surface area contributed by atoms with Crippen molar-refractivity contribution in [2.45, 2.75) is 38.4 Å². The maximum atomic E-state index is 12.1. The van der Waals surface area contributed by atoms with Gasteiger partial charge in [0.25, 0.3) is 0 Å². The van der Waals surface area contributed by atoms with Gasteiger partial charge in [0.05, 0.1) is 18.8 Å². The molecule has 2 N–H and O–H groups in total. The van der Waals surface area contributed by atoms with Gasteiger partial charge in [0, 0.05) is 19.5 Å². The number of aliphatic hydroxyl groups excluding tert-OH is 1. The topological polar surface area (TPSA) is 61.8 Å². The van der Waals surface area contributed by atoms with Gasteiger partial charge in [0.1, 0.15) is 0 Å². The van der Waals surface area contributed by atoms with Gasteiger partial charge in [-0.05, 0) is 38.8 Å². The minimum atomic E-state index is -0.217. The molecule has 5 nitrogen and oxygen atoms in total. The molecular weight excluding hydrogens is 232 g/mol. The molecule has 2 heterocycles. The molecule has 0 spiro atoms. The molecular formula is C13H24N2O3. The van der Waals surface area contributed by atoms with Crippen molar-refractivity contribution in [3.8, 4) is 0 Å². The molecule has 0 radical (unpaired) electrons. The monoisotopic (exact) mass is 256 g/mol. The average Bonchev–Trinajstić information content (AvgIpc) is 2.88. The number of rotatable bonds is 4. The number of nitrogens with zero attached hydrogens (tertiary/aromatic N) is 1. The van der Waals surface area contributed by atoms with Gasteiger partial charge in [-0.3, -0.25) is 4.79 Å². The number of carbonyl (C=O) groups is 1. The zero-order chi connectivity index (χ0) is 13.0. The Kier molecular flexibility index (Phi) is 4.97. The third-order valence-electron chi connectivity index (χ3n) is 3.81. The summed E-state index contributed by atoms with van der Waals surface area (Å²) in [6.45, 7) is 5.25. The lowest BCUT2D eigenvalue weighted by Gasteiger charge is -2.36. The number of nitrogens with one attached hydrogen (secondary N) is 1. The van der Waals surface area contributed by atoms with Crippen molar-refractivity contribution in [1.82, 2.24) is 10.2 Å². The summed E-state index contributed by atoms with van der Waals surface area (Å²) >= 11 is 0. The molecule has 0 aromatic carbocycles. The van der Waals surface area contributed by atoms with Crippen LogP contribution in [-0.4, -0.2) is 60.9 Å². The standard InChI is InChI=1S/C13H24N2O3/c1-10-7-15(8-12(9-16)18-10)13(17)3-2-11-4-5-14-6-11/h10-12,14,16H,2-9H2,1H3. The van der Waals surface area contributed by atoms with Gasteiger partial charge in [-0.25, -0.2) is 0 Å². The van der Waals surface area contributed by atoms with E-state index in [0.29, 0.717) is 25.4 Å². The summed E-state index contributed by atoms with van der Waals surface area (Å²) in [5, 5.41) is 12.5. The first-order valence-corrected chi connectivity index (χ1v) is 6.94. The second kappa shape index (κ2) is 6.50. The van der Waals surface area contributed by atoms with Crippen LogP contribution in [0.3, 0.4) is 0 Å². The van der Waals surface area contributed by atoms with Crippen molar-refractivity contribution in [2.75, 3.05) is 32.8 Å². The summed E-state index contributed by atoms with van der Waals surface area (Å²) in [4.78, 5) is 14.0. The predicted molar refractivity (Wildman–Crippen MR) is 68.2 cm³/mol. The van der Waals surface area contributed by atoms with Crippen LogP contribution in [0.25, 0.3) is 0 Å². The zero-order valence-corrected chi connectivity index (χ0v) is 11.1. The van der Waals surface area contributed by atoms with Gasteiger partial charge in [0.15, 0.2) is 0 Å². The van der Waals surface area contributed by atoms with Crippen molar-refractivity contribution >= 4 is 5.91 Å². The van der Waals surface area contributed by atoms with E-state index in [0.717, 1.165) is 19.5 Å². The molecule has 2 saturated heterocycles. The lowest BCUT2D eigenvalue weighted by molar-refractivity contribution is -0.147. The molecule has 104 valence electrons. The lowest BCUT2D eigenvalue weighted by atomic mass is 10.0. The summed E-state index contributed by atoms with van der Waals surface area (Å²) in [5.74, 6) is 0.858. The Balaban J connectivity index is 1.76. The Morgan fingerprint density at radius 2 is 2.33 bits per heavy atom. The van der Waals surface area contributed by atoms with Gasteiger partial charge < -0.3 is 20.1 Å². The first-order chi connectivity index (χ1) is 8.69. The number of ether oxygens (including phenoxy) is 1. The van der Waals surface area contributed by atoms with E-state index in [1.807, 2.05) is 11.8 Å². The van der Waals surface area contributed by atoms with Crippen LogP contribution in [0.2, 0.25) is 0 Å². The number of aliphatic hydroxyl groups is 1. The van der Waals surface area contributed by atoms with Crippen LogP contribution < -0.4 is 5.32 Å². The van der Waals surface area contributed by atoms with Crippen LogP contribution in [0, 0.1) is 5.92 Å². The Bertz CT molecular complexity index is 279. The number of carbonyl (C=O) groups excluding carboxylic acids is 1. The molecule has 1 amide bonds. The first kappa shape index (κ1) is 13.8. The predicted octanol–water partition coefficient (Wildman–Crippen LogP) is -0.0157. The normalized spacial score (nSPS) is 32.8. The van der Waals surface area contributed by atoms with Crippen molar-refractivity contribution in [3.05, 3.63) is 0 Å². The van der Waals surface area contributed by atoms with Crippen LogP contribution in [0.1, 0.15) is 26.2 Å². The van der Waals surface area contributed by atoms with E-state index in [2.05, 4.69) is 5.32 Å². The van der Waals surface area contributed by atoms with Crippen LogP contribution in [0.15, 0.2) is 0 Å². The maximum Gasteiger partial charge on any atom is 0.222 e. The molecule has 0 aromatic heterocycles. The van der Waals surface area contributed by atoms with E-state index in [9.17, 15) is 4.79 Å². The third kappa shape index (κ3) is 3.67. The highest BCUT2D eigenvalue weighted by molar-refractivity contribution is 5.76. The fourth-order valence-corrected chi connectivity index (χ4v) is 2.80. The van der Waals surface area contributed by atoms with Gasteiger partial charge >= 0.3 is 0 Å². The molecule has 2 fully saturated rings. The van der Waals surface area contributed by atoms with Gasteiger partial charge in [-0.2, -0.15) is 0 Å². The average molecular weight is 256 g/mol. The molecule has 0 aliphatic carbocycles. The second-order valence-electron chi connectivity index (χ2n) is 5.45. The molecule has 0 saturated carbocycles. The number of morpholine rings is 1. The summed E-state index contributed by atoms with van der Waals surface area (Å²) in [7, 11) is 0. The maximum absolute atomic E-state index is 12.1. The minimum Gasteiger partial charge on any atom is -0.394 e. The number of hydrogen-bond acceptors (Lipinski definition) is 4. The fraction of sp³-hybridized carbons (Fsp3) is 0.923. The minimum absolute atomic E-state index is 0.0132. The smallest absolute Gasteiger partial charge is 0.222 e. The Hall–Kier alpha value is -0.650. The summed E-state index contributed by atoms with van der Waals surface area (Å²) in [6, 6.07) is 0. The van der Waals surface area contributed by atoms with Gasteiger partial charge in [-0.1, -0.05) is 0 Å². The fourth-order valence-electron chi connectivity index (χ4n) is 2.80. The molecule has 2 aliphatic rings. The van der Waals surface area contributed by atoms with Crippen LogP contribution >= 0.6 is 0 Å². The van der Waals surface area contributed by atoms with Crippen molar-refractivity contribution in [3.63, 3.8) is 0 Å². The van der Waals surface area contributed by atoms with Crippen LogP contribution in [-0.2, 0) is 9.53 Å². The Labute approximate surface area is 108 Å². The molecule has 2 aliphatic heterocycles. The molecule has 2 rings (SSSR count). The Morgan fingerprint density at radius 3 is 3.00 bits per heavy atom. The van der Waals surface area contributed by atoms with E-state index >= 15 is 0 Å². The van der Waals surface area contributed by atoms with Gasteiger partial charge in [-0.15, -0.1) is 0 Å². The molecule has 18 heavy (non-hydrogen) atoms. The van der Waals surface area contributed by atoms with Crippen LogP contribution in [0.5, 0.6) is 0 Å². The van der Waals surface area contributed by atoms with Gasteiger partial charge in [0.2, 0.25) is 5.91 Å². The number of hydrogen-bond donors (Lipinski definition) is 2. The zero-order valence-electron chi connectivity index (χ0n) is 11.1. The van der Waals surface area contributed by atoms with E-state index in [4.69, 9.17) is 9.84 Å². The first-order valence-electron chi connectivity index (χ1n) is 6.94. The van der Waals surface area contributed by atoms with E-state index in [1.165, 1.54) is 6.42 Å². The molecule has 3 unspecified atom stereocenters. The highest BCUT2D eigenvalue weighted by Crippen LogP contribution is 2.17. The molecule has 0 bridgehead atoms. The highest BCUT2D eigenvalue weighted by Gasteiger charge is 2.28. The largest absolute Gasteiger partial charge is 0.394 e. The van der Waals surface area contributed by atoms with E-state index in [1.54, 1.807) is 0 Å². The summed E-state index contributed by atoms with van der Waals surface area (Å²) in [6.07, 6.45) is 2.59. The van der Waals surface area contributed by atoms with E-state index < -0.39 is 0 Å². The third-order valence-corrected chi connectivity index (χ3v) is 3.81. The van der Waals surface area contributed by atoms with Crippen molar-refractivity contribution < 1.29 is 14.6 Å². The van der Waals surface area contributed by atoms with Crippen molar-refractivity contribution in [1.29, 1.82) is 0 Å². The van der Waals surface area contributed by atoms with E-state index in [-0.39, 0.29) is 24.7 Å². The number of amides is 1.